The van der Waals surface area contributed by atoms with Gasteiger partial charge in [0.25, 0.3) is 0 Å². The topological polar surface area (TPSA) is 83.8 Å². The van der Waals surface area contributed by atoms with Gasteiger partial charge in [0, 0.05) is 11.7 Å². The van der Waals surface area contributed by atoms with E-state index >= 15 is 0 Å². The highest BCUT2D eigenvalue weighted by Gasteiger charge is 2.48. The number of rotatable bonds is 7. The Morgan fingerprint density at radius 1 is 1.19 bits per heavy atom. The van der Waals surface area contributed by atoms with Gasteiger partial charge in [0.1, 0.15) is 5.75 Å². The highest BCUT2D eigenvalue weighted by atomic mass is 32.2. The average molecular weight is 454 g/mol. The predicted octanol–water partition coefficient (Wildman–Crippen LogP) is 4.89. The first-order valence-electron chi connectivity index (χ1n) is 11.5. The molecule has 2 N–H and O–H groups in total. The molecule has 0 unspecified atom stereocenters. The summed E-state index contributed by atoms with van der Waals surface area (Å²) in [6.45, 7) is 4.16. The summed E-state index contributed by atoms with van der Waals surface area (Å²) >= 11 is 0. The zero-order valence-corrected chi connectivity index (χ0v) is 19.6. The molecule has 4 rings (SSSR count). The number of fused-ring (bicyclic) bond motifs is 2. The summed E-state index contributed by atoms with van der Waals surface area (Å²) in [4.78, 5) is 0. The van der Waals surface area contributed by atoms with E-state index in [1.165, 1.54) is 5.57 Å². The van der Waals surface area contributed by atoms with Crippen LogP contribution in [0.1, 0.15) is 51.5 Å². The van der Waals surface area contributed by atoms with Gasteiger partial charge < -0.3 is 14.8 Å². The minimum atomic E-state index is -3.26. The van der Waals surface area contributed by atoms with Crippen molar-refractivity contribution in [1.29, 1.82) is 0 Å². The molecule has 2 heterocycles. The normalized spacial score (nSPS) is 23.1. The highest BCUT2D eigenvalue weighted by molar-refractivity contribution is 7.92. The molecule has 0 spiro atoms. The van der Waals surface area contributed by atoms with Crippen LogP contribution in [0.2, 0.25) is 6.32 Å². The largest absolute Gasteiger partial charge is 0.507 e. The predicted molar refractivity (Wildman–Crippen MR) is 130 cm³/mol. The van der Waals surface area contributed by atoms with E-state index in [4.69, 9.17) is 4.65 Å². The van der Waals surface area contributed by atoms with E-state index in [9.17, 15) is 18.5 Å². The maximum absolute atomic E-state index is 12.7. The molecule has 2 atom stereocenters. The molecule has 32 heavy (non-hydrogen) atoms. The van der Waals surface area contributed by atoms with Crippen LogP contribution in [-0.2, 0) is 14.5 Å². The van der Waals surface area contributed by atoms with Crippen LogP contribution >= 0.6 is 0 Å². The maximum Gasteiger partial charge on any atom is 0.456 e. The molecule has 0 aliphatic carbocycles. The van der Waals surface area contributed by atoms with Crippen LogP contribution in [0.15, 0.2) is 53.1 Å². The number of hydrogen-bond acceptors (Lipinski definition) is 5. The molecule has 0 bridgehead atoms. The van der Waals surface area contributed by atoms with Gasteiger partial charge in [0.15, 0.2) is 9.84 Å². The fourth-order valence-electron chi connectivity index (χ4n) is 5.12. The number of phenols is 1. The summed E-state index contributed by atoms with van der Waals surface area (Å²) in [6, 6.07) is 11.4. The summed E-state index contributed by atoms with van der Waals surface area (Å²) < 4.78 is 31.3. The van der Waals surface area contributed by atoms with Gasteiger partial charge in [-0.2, -0.15) is 0 Å². The van der Waals surface area contributed by atoms with Crippen molar-refractivity contribution in [3.05, 3.63) is 58.7 Å². The molecule has 5 nitrogen and oxygen atoms in total. The summed E-state index contributed by atoms with van der Waals surface area (Å²) in [5.74, 6) is 0.368. The van der Waals surface area contributed by atoms with Crippen LogP contribution < -0.4 is 0 Å². The quantitative estimate of drug-likeness (QED) is 0.460. The lowest BCUT2D eigenvalue weighted by atomic mass is 9.74. The molecule has 2 aliphatic rings. The number of phenolic OH excluding ortho intramolecular Hbond substituents is 1. The summed E-state index contributed by atoms with van der Waals surface area (Å²) in [7, 11) is -4.30. The average Bonchev–Trinajstić information content (AvgIpc) is 3.02. The lowest BCUT2D eigenvalue weighted by molar-refractivity contribution is 0.169. The summed E-state index contributed by atoms with van der Waals surface area (Å²) in [5, 5.41) is 21.6. The number of sulfone groups is 1. The van der Waals surface area contributed by atoms with E-state index in [1.54, 1.807) is 6.07 Å². The van der Waals surface area contributed by atoms with Crippen LogP contribution in [0, 0.1) is 0 Å². The van der Waals surface area contributed by atoms with Crippen molar-refractivity contribution in [2.24, 2.45) is 0 Å². The van der Waals surface area contributed by atoms with Crippen LogP contribution in [0.3, 0.4) is 0 Å². The first-order chi connectivity index (χ1) is 15.3. The minimum absolute atomic E-state index is 0.101. The Hall–Kier alpha value is -2.09. The fourth-order valence-corrected chi connectivity index (χ4v) is 7.28. The summed E-state index contributed by atoms with van der Waals surface area (Å²) in [6.07, 6.45) is 5.82. The van der Waals surface area contributed by atoms with Crippen molar-refractivity contribution in [3.63, 3.8) is 0 Å². The van der Waals surface area contributed by atoms with Gasteiger partial charge in [-0.1, -0.05) is 67.8 Å². The Morgan fingerprint density at radius 3 is 2.66 bits per heavy atom. The van der Waals surface area contributed by atoms with E-state index in [-0.39, 0.29) is 23.9 Å². The van der Waals surface area contributed by atoms with Gasteiger partial charge in [-0.05, 0) is 48.3 Å². The van der Waals surface area contributed by atoms with Crippen LogP contribution in [0.4, 0.5) is 0 Å². The number of allylic oxidation sites excluding steroid dienone is 1. The van der Waals surface area contributed by atoms with Gasteiger partial charge in [-0.25, -0.2) is 8.42 Å². The molecule has 170 valence electrons. The first kappa shape index (κ1) is 23.1. The third-order valence-corrected chi connectivity index (χ3v) is 8.74. The third kappa shape index (κ3) is 4.52. The van der Waals surface area contributed by atoms with Crippen LogP contribution in [0.5, 0.6) is 5.75 Å². The molecule has 2 aromatic carbocycles. The van der Waals surface area contributed by atoms with Crippen molar-refractivity contribution in [2.75, 3.05) is 5.75 Å². The molecule has 0 amide bonds. The van der Waals surface area contributed by atoms with E-state index in [0.717, 1.165) is 53.2 Å². The Bertz CT molecular complexity index is 1170. The van der Waals surface area contributed by atoms with Gasteiger partial charge >= 0.3 is 7.12 Å². The molecule has 0 saturated carbocycles. The van der Waals surface area contributed by atoms with Crippen molar-refractivity contribution in [2.45, 2.75) is 63.6 Å². The van der Waals surface area contributed by atoms with Crippen molar-refractivity contribution < 1.29 is 23.2 Å². The Labute approximate surface area is 190 Å². The zero-order chi connectivity index (χ0) is 22.9. The van der Waals surface area contributed by atoms with Gasteiger partial charge in [-0.3, -0.25) is 0 Å². The fraction of sp³-hybridized carbons (Fsp3) is 0.440. The second kappa shape index (κ2) is 9.42. The van der Waals surface area contributed by atoms with E-state index < -0.39 is 22.2 Å². The smallest absolute Gasteiger partial charge is 0.456 e. The minimum Gasteiger partial charge on any atom is -0.507 e. The molecule has 7 heteroatoms. The first-order valence-corrected chi connectivity index (χ1v) is 13.2. The lowest BCUT2D eigenvalue weighted by Gasteiger charge is -2.32. The number of benzene rings is 2. The molecule has 1 fully saturated rings. The lowest BCUT2D eigenvalue weighted by Crippen LogP contribution is -2.41. The standard InChI is InChI=1S/C25H31BO5S/c1-3-7-19-16-32(29,30)24-15-26(28)31-23(25(19)24)13-10-17(4-2)14-18-11-12-22(27)21-9-6-5-8-20(18)21/h5-6,8-9,11-12,14,23-24,27-28H,3-4,7,10,13,15-16H2,1-2H3/b17-14+/t23-,24+/m1/s1. The SMILES string of the molecule is CCCC1=C2[C@@H](CC/C(=C/c3ccc(O)c4ccccc34)CC)OB(O)C[C@@H]2S(=O)(=O)C1. The Kier molecular flexibility index (Phi) is 6.79. The van der Waals surface area contributed by atoms with Gasteiger partial charge in [0.05, 0.1) is 17.1 Å². The highest BCUT2D eigenvalue weighted by Crippen LogP contribution is 2.41. The van der Waals surface area contributed by atoms with Crippen LogP contribution in [-0.4, -0.2) is 42.8 Å². The molecule has 2 aliphatic heterocycles. The van der Waals surface area contributed by atoms with E-state index in [1.807, 2.05) is 30.3 Å². The Morgan fingerprint density at radius 2 is 1.94 bits per heavy atom. The maximum atomic E-state index is 12.7. The van der Waals surface area contributed by atoms with Crippen molar-refractivity contribution in [3.8, 4) is 5.75 Å². The molecular formula is C25H31BO5S. The van der Waals surface area contributed by atoms with Crippen molar-refractivity contribution >= 4 is 33.8 Å². The van der Waals surface area contributed by atoms with Crippen LogP contribution in [0.25, 0.3) is 16.8 Å². The molecule has 1 saturated heterocycles. The summed E-state index contributed by atoms with van der Waals surface area (Å²) in [5.41, 5.74) is 4.16. The number of aromatic hydroxyl groups is 1. The zero-order valence-electron chi connectivity index (χ0n) is 18.8. The monoisotopic (exact) mass is 454 g/mol. The van der Waals surface area contributed by atoms with Gasteiger partial charge in [-0.15, -0.1) is 0 Å². The second-order valence-corrected chi connectivity index (χ2v) is 11.0. The Balaban J connectivity index is 1.60. The third-order valence-electron chi connectivity index (χ3n) is 6.68. The number of hydrogen-bond donors (Lipinski definition) is 2. The van der Waals surface area contributed by atoms with E-state index in [2.05, 4.69) is 19.9 Å². The van der Waals surface area contributed by atoms with Gasteiger partial charge in [0.2, 0.25) is 0 Å². The molecular weight excluding hydrogens is 423 g/mol. The molecule has 0 radical (unpaired) electrons. The second-order valence-electron chi connectivity index (χ2n) is 8.83. The van der Waals surface area contributed by atoms with Crippen molar-refractivity contribution in [1.82, 2.24) is 0 Å². The molecule has 0 aromatic heterocycles. The molecule has 2 aromatic rings. The van der Waals surface area contributed by atoms with E-state index in [0.29, 0.717) is 6.42 Å².